The van der Waals surface area contributed by atoms with Crippen LogP contribution in [0.1, 0.15) is 74.6 Å². The van der Waals surface area contributed by atoms with Gasteiger partial charge in [0.15, 0.2) is 0 Å². The molecule has 0 N–H and O–H groups in total. The van der Waals surface area contributed by atoms with Gasteiger partial charge in [-0.3, -0.25) is 4.79 Å². The zero-order chi connectivity index (χ0) is 28.3. The first kappa shape index (κ1) is 27.8. The average Bonchev–Trinajstić information content (AvgIpc) is 3.51. The lowest BCUT2D eigenvalue weighted by atomic mass is 9.73. The largest absolute Gasteiger partial charge is 0.495 e. The Hall–Kier alpha value is -2.79. The maximum Gasteiger partial charge on any atom is 0.495 e. The molecule has 0 bridgehead atoms. The highest BCUT2D eigenvalue weighted by Gasteiger charge is 2.53. The predicted molar refractivity (Wildman–Crippen MR) is 135 cm³/mol. The lowest BCUT2D eigenvalue weighted by Crippen LogP contribution is -2.41. The summed E-state index contributed by atoms with van der Waals surface area (Å²) in [7, 11) is 0.285. The number of benzene rings is 2. The van der Waals surface area contributed by atoms with Gasteiger partial charge in [-0.2, -0.15) is 13.2 Å². The van der Waals surface area contributed by atoms with E-state index in [0.29, 0.717) is 36.5 Å². The molecule has 5 rings (SSSR count). The highest BCUT2D eigenvalue weighted by atomic mass is 19.4. The fourth-order valence-corrected chi connectivity index (χ4v) is 5.46. The SMILES string of the molecule is COC(=O)CC1COc2cc(OCC3CCc4c(B5OC(C)(C)C(C)(C)O5)cc(C(F)(F)F)c(F)c43)ccc21. The fraction of sp³-hybridized carbons (Fsp3) is 0.536. The highest BCUT2D eigenvalue weighted by Crippen LogP contribution is 2.44. The number of carbonyl (C=O) groups is 1. The Morgan fingerprint density at radius 3 is 2.44 bits per heavy atom. The molecule has 0 aromatic heterocycles. The molecule has 1 aliphatic carbocycles. The van der Waals surface area contributed by atoms with Gasteiger partial charge < -0.3 is 23.5 Å². The number of carbonyl (C=O) groups excluding carboxylic acids is 1. The first-order valence-electron chi connectivity index (χ1n) is 13.0. The van der Waals surface area contributed by atoms with Gasteiger partial charge in [-0.05, 0) is 69.3 Å². The Morgan fingerprint density at radius 2 is 1.79 bits per heavy atom. The van der Waals surface area contributed by atoms with Gasteiger partial charge in [0.1, 0.15) is 17.3 Å². The van der Waals surface area contributed by atoms with Crippen LogP contribution in [0.15, 0.2) is 24.3 Å². The first-order valence-corrected chi connectivity index (χ1v) is 13.0. The van der Waals surface area contributed by atoms with Crippen molar-refractivity contribution >= 4 is 18.6 Å². The number of esters is 1. The van der Waals surface area contributed by atoms with E-state index >= 15 is 4.39 Å². The molecule has 2 aromatic rings. The molecule has 2 unspecified atom stereocenters. The summed E-state index contributed by atoms with van der Waals surface area (Å²) in [4.78, 5) is 11.7. The van der Waals surface area contributed by atoms with Crippen molar-refractivity contribution in [2.75, 3.05) is 20.3 Å². The van der Waals surface area contributed by atoms with Crippen LogP contribution in [0.5, 0.6) is 11.5 Å². The van der Waals surface area contributed by atoms with Crippen molar-refractivity contribution < 1.29 is 45.9 Å². The number of ether oxygens (including phenoxy) is 3. The van der Waals surface area contributed by atoms with E-state index in [4.69, 9.17) is 23.5 Å². The van der Waals surface area contributed by atoms with E-state index < -0.39 is 41.8 Å². The third-order valence-corrected chi connectivity index (χ3v) is 8.37. The quantitative estimate of drug-likeness (QED) is 0.277. The summed E-state index contributed by atoms with van der Waals surface area (Å²) in [6.45, 7) is 7.58. The van der Waals surface area contributed by atoms with Crippen LogP contribution < -0.4 is 14.9 Å². The molecule has 2 aliphatic heterocycles. The molecule has 6 nitrogen and oxygen atoms in total. The molecule has 2 heterocycles. The van der Waals surface area contributed by atoms with Crippen LogP contribution in [0.3, 0.4) is 0 Å². The minimum atomic E-state index is -4.89. The Labute approximate surface area is 225 Å². The summed E-state index contributed by atoms with van der Waals surface area (Å²) < 4.78 is 85.7. The average molecular weight is 550 g/mol. The maximum atomic E-state index is 15.5. The monoisotopic (exact) mass is 550 g/mol. The van der Waals surface area contributed by atoms with Crippen molar-refractivity contribution in [3.8, 4) is 11.5 Å². The van der Waals surface area contributed by atoms with Crippen LogP contribution in [0.4, 0.5) is 17.6 Å². The molecule has 1 saturated heterocycles. The van der Waals surface area contributed by atoms with Gasteiger partial charge in [-0.1, -0.05) is 6.07 Å². The molecule has 0 amide bonds. The van der Waals surface area contributed by atoms with Gasteiger partial charge in [0, 0.05) is 23.5 Å². The van der Waals surface area contributed by atoms with Crippen LogP contribution in [0, 0.1) is 5.82 Å². The topological polar surface area (TPSA) is 63.2 Å². The molecule has 1 fully saturated rings. The van der Waals surface area contributed by atoms with Crippen molar-refractivity contribution in [3.63, 3.8) is 0 Å². The first-order chi connectivity index (χ1) is 18.2. The smallest absolute Gasteiger partial charge is 0.493 e. The van der Waals surface area contributed by atoms with Crippen molar-refractivity contribution in [2.24, 2.45) is 0 Å². The maximum absolute atomic E-state index is 15.5. The third kappa shape index (κ3) is 4.99. The van der Waals surface area contributed by atoms with Gasteiger partial charge in [0.25, 0.3) is 0 Å². The van der Waals surface area contributed by atoms with E-state index in [2.05, 4.69) is 0 Å². The second kappa shape index (κ2) is 9.69. The molecule has 2 atom stereocenters. The molecular formula is C28H31BF4O6. The number of halogens is 4. The molecule has 0 radical (unpaired) electrons. The molecule has 210 valence electrons. The summed E-state index contributed by atoms with van der Waals surface area (Å²) in [6, 6.07) is 6.03. The van der Waals surface area contributed by atoms with E-state index in [1.165, 1.54) is 7.11 Å². The standard InChI is InChI=1S/C28H31BF4O6/c1-26(2)27(3,4)39-29(38-26)21-12-20(28(31,32)33)25(30)24-15(6-8-19(21)24)13-36-17-7-9-18-16(10-23(34)35-5)14-37-22(18)11-17/h7,9,11-12,15-16H,6,8,10,13-14H2,1-5H3. The molecule has 39 heavy (non-hydrogen) atoms. The van der Waals surface area contributed by atoms with Crippen LogP contribution >= 0.6 is 0 Å². The Bertz CT molecular complexity index is 1280. The summed E-state index contributed by atoms with van der Waals surface area (Å²) in [5, 5.41) is 0. The van der Waals surface area contributed by atoms with E-state index in [9.17, 15) is 18.0 Å². The molecule has 0 spiro atoms. The van der Waals surface area contributed by atoms with Crippen molar-refractivity contribution in [3.05, 3.63) is 52.3 Å². The normalized spacial score (nSPS) is 22.8. The van der Waals surface area contributed by atoms with Crippen molar-refractivity contribution in [1.82, 2.24) is 0 Å². The Balaban J connectivity index is 1.40. The lowest BCUT2D eigenvalue weighted by molar-refractivity contribution is -0.141. The number of alkyl halides is 3. The summed E-state index contributed by atoms with van der Waals surface area (Å²) in [5.41, 5.74) is -1.30. The Morgan fingerprint density at radius 1 is 1.10 bits per heavy atom. The van der Waals surface area contributed by atoms with Crippen LogP contribution in [0.25, 0.3) is 0 Å². The number of hydrogen-bond donors (Lipinski definition) is 0. The number of methoxy groups -OCH3 is 1. The van der Waals surface area contributed by atoms with Gasteiger partial charge in [-0.15, -0.1) is 0 Å². The summed E-state index contributed by atoms with van der Waals surface area (Å²) in [5.74, 6) is -1.32. The summed E-state index contributed by atoms with van der Waals surface area (Å²) in [6.07, 6.45) is -3.90. The van der Waals surface area contributed by atoms with E-state index in [0.717, 1.165) is 11.6 Å². The highest BCUT2D eigenvalue weighted by molar-refractivity contribution is 6.62. The Kier molecular flexibility index (Phi) is 6.90. The van der Waals surface area contributed by atoms with Crippen LogP contribution in [0.2, 0.25) is 0 Å². The number of hydrogen-bond acceptors (Lipinski definition) is 6. The van der Waals surface area contributed by atoms with Crippen LogP contribution in [-0.4, -0.2) is 44.6 Å². The molecule has 3 aliphatic rings. The van der Waals surface area contributed by atoms with Gasteiger partial charge in [0.2, 0.25) is 0 Å². The van der Waals surface area contributed by atoms with E-state index in [1.54, 1.807) is 18.2 Å². The second-order valence-corrected chi connectivity index (χ2v) is 11.3. The molecular weight excluding hydrogens is 519 g/mol. The summed E-state index contributed by atoms with van der Waals surface area (Å²) >= 11 is 0. The van der Waals surface area contributed by atoms with E-state index in [1.807, 2.05) is 27.7 Å². The van der Waals surface area contributed by atoms with Gasteiger partial charge in [-0.25, -0.2) is 4.39 Å². The fourth-order valence-electron chi connectivity index (χ4n) is 5.46. The predicted octanol–water partition coefficient (Wildman–Crippen LogP) is 5.29. The lowest BCUT2D eigenvalue weighted by Gasteiger charge is -2.32. The van der Waals surface area contributed by atoms with E-state index in [-0.39, 0.29) is 35.9 Å². The van der Waals surface area contributed by atoms with Crippen molar-refractivity contribution in [2.45, 2.75) is 76.2 Å². The molecule has 0 saturated carbocycles. The van der Waals surface area contributed by atoms with Crippen LogP contribution in [-0.2, 0) is 31.4 Å². The number of rotatable bonds is 6. The third-order valence-electron chi connectivity index (χ3n) is 8.37. The number of fused-ring (bicyclic) bond motifs is 2. The second-order valence-electron chi connectivity index (χ2n) is 11.3. The molecule has 11 heteroatoms. The van der Waals surface area contributed by atoms with Crippen molar-refractivity contribution in [1.29, 1.82) is 0 Å². The molecule has 2 aromatic carbocycles. The minimum Gasteiger partial charge on any atom is -0.493 e. The van der Waals surface area contributed by atoms with Gasteiger partial charge in [0.05, 0.1) is 43.5 Å². The minimum absolute atomic E-state index is 0.00471. The van der Waals surface area contributed by atoms with Gasteiger partial charge >= 0.3 is 19.3 Å². The zero-order valence-corrected chi connectivity index (χ0v) is 22.5. The zero-order valence-electron chi connectivity index (χ0n) is 22.5.